The second-order valence-electron chi connectivity index (χ2n) is 5.32. The molecule has 5 heteroatoms. The van der Waals surface area contributed by atoms with Crippen LogP contribution >= 0.6 is 0 Å². The summed E-state index contributed by atoms with van der Waals surface area (Å²) in [5, 5.41) is 2.79. The van der Waals surface area contributed by atoms with Gasteiger partial charge < -0.3 is 15.8 Å². The van der Waals surface area contributed by atoms with E-state index in [1.165, 1.54) is 19.2 Å². The van der Waals surface area contributed by atoms with Crippen molar-refractivity contribution in [3.8, 4) is 5.75 Å². The molecule has 1 saturated carbocycles. The van der Waals surface area contributed by atoms with Gasteiger partial charge in [0.25, 0.3) is 5.91 Å². The molecule has 2 rings (SSSR count). The zero-order valence-electron chi connectivity index (χ0n) is 11.7. The van der Waals surface area contributed by atoms with Gasteiger partial charge >= 0.3 is 0 Å². The van der Waals surface area contributed by atoms with E-state index in [4.69, 9.17) is 10.5 Å². The first kappa shape index (κ1) is 14.8. The van der Waals surface area contributed by atoms with Crippen molar-refractivity contribution in [2.24, 2.45) is 11.7 Å². The molecular formula is C15H21FN2O2. The lowest BCUT2D eigenvalue weighted by atomic mass is 9.86. The van der Waals surface area contributed by atoms with Crippen LogP contribution < -0.4 is 15.8 Å². The molecule has 0 spiro atoms. The van der Waals surface area contributed by atoms with Crippen LogP contribution in [-0.4, -0.2) is 25.6 Å². The SMILES string of the molecule is COc1cccc(F)c1C(=O)NCC1CCCC(N)C1. The van der Waals surface area contributed by atoms with E-state index in [0.717, 1.165) is 25.7 Å². The summed E-state index contributed by atoms with van der Waals surface area (Å²) < 4.78 is 18.8. The quantitative estimate of drug-likeness (QED) is 0.887. The Morgan fingerprint density at radius 1 is 1.50 bits per heavy atom. The Balaban J connectivity index is 1.98. The maximum Gasteiger partial charge on any atom is 0.258 e. The molecule has 4 nitrogen and oxygen atoms in total. The van der Waals surface area contributed by atoms with Crippen molar-refractivity contribution in [3.05, 3.63) is 29.6 Å². The molecule has 0 aromatic heterocycles. The predicted molar refractivity (Wildman–Crippen MR) is 75.2 cm³/mol. The highest BCUT2D eigenvalue weighted by atomic mass is 19.1. The molecule has 2 atom stereocenters. The Bertz CT molecular complexity index is 479. The van der Waals surface area contributed by atoms with E-state index in [-0.39, 0.29) is 17.4 Å². The molecule has 0 radical (unpaired) electrons. The lowest BCUT2D eigenvalue weighted by molar-refractivity contribution is 0.0935. The van der Waals surface area contributed by atoms with Crippen molar-refractivity contribution in [1.29, 1.82) is 0 Å². The number of halogens is 1. The first-order valence-corrected chi connectivity index (χ1v) is 6.98. The molecule has 0 heterocycles. The minimum atomic E-state index is -0.567. The largest absolute Gasteiger partial charge is 0.496 e. The second-order valence-corrected chi connectivity index (χ2v) is 5.32. The number of nitrogens with one attached hydrogen (secondary N) is 1. The molecule has 1 amide bonds. The molecule has 0 aliphatic heterocycles. The monoisotopic (exact) mass is 280 g/mol. The molecule has 2 unspecified atom stereocenters. The molecule has 1 aromatic carbocycles. The number of amides is 1. The Morgan fingerprint density at radius 3 is 3.00 bits per heavy atom. The molecule has 3 N–H and O–H groups in total. The summed E-state index contributed by atoms with van der Waals surface area (Å²) in [6, 6.07) is 4.57. The number of rotatable bonds is 4. The van der Waals surface area contributed by atoms with Gasteiger partial charge in [0.2, 0.25) is 0 Å². The maximum atomic E-state index is 13.8. The summed E-state index contributed by atoms with van der Waals surface area (Å²) >= 11 is 0. The third-order valence-electron chi connectivity index (χ3n) is 3.80. The van der Waals surface area contributed by atoms with Crippen LogP contribution in [0.2, 0.25) is 0 Å². The third kappa shape index (κ3) is 3.48. The Labute approximate surface area is 118 Å². The van der Waals surface area contributed by atoms with Gasteiger partial charge in [0, 0.05) is 12.6 Å². The maximum absolute atomic E-state index is 13.8. The van der Waals surface area contributed by atoms with Gasteiger partial charge in [0.05, 0.1) is 7.11 Å². The number of benzene rings is 1. The van der Waals surface area contributed by atoms with Crippen LogP contribution in [0.1, 0.15) is 36.0 Å². The Kier molecular flexibility index (Phi) is 4.95. The highest BCUT2D eigenvalue weighted by Gasteiger charge is 2.22. The van der Waals surface area contributed by atoms with E-state index in [9.17, 15) is 9.18 Å². The average molecular weight is 280 g/mol. The molecule has 1 aromatic rings. The van der Waals surface area contributed by atoms with E-state index in [1.54, 1.807) is 6.07 Å². The molecular weight excluding hydrogens is 259 g/mol. The number of carbonyl (C=O) groups is 1. The Hall–Kier alpha value is -1.62. The van der Waals surface area contributed by atoms with Crippen LogP contribution in [0.5, 0.6) is 5.75 Å². The van der Waals surface area contributed by atoms with Crippen molar-refractivity contribution in [3.63, 3.8) is 0 Å². The molecule has 1 aliphatic carbocycles. The van der Waals surface area contributed by atoms with Gasteiger partial charge in [0.1, 0.15) is 17.1 Å². The van der Waals surface area contributed by atoms with Gasteiger partial charge in [0.15, 0.2) is 0 Å². The van der Waals surface area contributed by atoms with Crippen molar-refractivity contribution in [2.75, 3.05) is 13.7 Å². The fraction of sp³-hybridized carbons (Fsp3) is 0.533. The zero-order chi connectivity index (χ0) is 14.5. The number of hydrogen-bond donors (Lipinski definition) is 2. The molecule has 1 fully saturated rings. The summed E-state index contributed by atoms with van der Waals surface area (Å²) in [5.74, 6) is -0.371. The van der Waals surface area contributed by atoms with E-state index < -0.39 is 11.7 Å². The molecule has 0 bridgehead atoms. The van der Waals surface area contributed by atoms with Gasteiger partial charge in [-0.2, -0.15) is 0 Å². The summed E-state index contributed by atoms with van der Waals surface area (Å²) in [7, 11) is 1.42. The van der Waals surface area contributed by atoms with E-state index in [2.05, 4.69) is 5.32 Å². The number of ether oxygens (including phenoxy) is 1. The van der Waals surface area contributed by atoms with Crippen molar-refractivity contribution in [1.82, 2.24) is 5.32 Å². The van der Waals surface area contributed by atoms with Gasteiger partial charge in [-0.05, 0) is 37.3 Å². The average Bonchev–Trinajstić information content (AvgIpc) is 2.44. The minimum Gasteiger partial charge on any atom is -0.496 e. The number of nitrogens with two attached hydrogens (primary N) is 1. The molecule has 0 saturated heterocycles. The number of hydrogen-bond acceptors (Lipinski definition) is 3. The summed E-state index contributed by atoms with van der Waals surface area (Å²) in [5.41, 5.74) is 5.89. The standard InChI is InChI=1S/C15H21FN2O2/c1-20-13-7-3-6-12(16)14(13)15(19)18-9-10-4-2-5-11(17)8-10/h3,6-7,10-11H,2,4-5,8-9,17H2,1H3,(H,18,19). The van der Waals surface area contributed by atoms with Crippen molar-refractivity contribution < 1.29 is 13.9 Å². The van der Waals surface area contributed by atoms with Crippen LogP contribution in [0, 0.1) is 11.7 Å². The summed E-state index contributed by atoms with van der Waals surface area (Å²) in [6.07, 6.45) is 4.10. The lowest BCUT2D eigenvalue weighted by Crippen LogP contribution is -2.36. The van der Waals surface area contributed by atoms with Crippen LogP contribution in [0.25, 0.3) is 0 Å². The highest BCUT2D eigenvalue weighted by Crippen LogP contribution is 2.24. The van der Waals surface area contributed by atoms with Gasteiger partial charge in [-0.25, -0.2) is 4.39 Å². The van der Waals surface area contributed by atoms with Crippen LogP contribution in [0.15, 0.2) is 18.2 Å². The first-order valence-electron chi connectivity index (χ1n) is 6.98. The van der Waals surface area contributed by atoms with E-state index in [0.29, 0.717) is 12.5 Å². The van der Waals surface area contributed by atoms with Gasteiger partial charge in [-0.3, -0.25) is 4.79 Å². The van der Waals surface area contributed by atoms with Crippen LogP contribution in [0.4, 0.5) is 4.39 Å². The van der Waals surface area contributed by atoms with Gasteiger partial charge in [-0.15, -0.1) is 0 Å². The first-order chi connectivity index (χ1) is 9.61. The number of carbonyl (C=O) groups excluding carboxylic acids is 1. The fourth-order valence-electron chi connectivity index (χ4n) is 2.74. The fourth-order valence-corrected chi connectivity index (χ4v) is 2.74. The zero-order valence-corrected chi connectivity index (χ0v) is 11.7. The number of methoxy groups -OCH3 is 1. The van der Waals surface area contributed by atoms with Crippen LogP contribution in [0.3, 0.4) is 0 Å². The second kappa shape index (κ2) is 6.70. The third-order valence-corrected chi connectivity index (χ3v) is 3.80. The topological polar surface area (TPSA) is 64.3 Å². The smallest absolute Gasteiger partial charge is 0.258 e. The van der Waals surface area contributed by atoms with E-state index >= 15 is 0 Å². The summed E-state index contributed by atoms with van der Waals surface area (Å²) in [4.78, 5) is 12.1. The molecule has 1 aliphatic rings. The highest BCUT2D eigenvalue weighted by molar-refractivity contribution is 5.97. The Morgan fingerprint density at radius 2 is 2.30 bits per heavy atom. The van der Waals surface area contributed by atoms with Crippen molar-refractivity contribution >= 4 is 5.91 Å². The predicted octanol–water partition coefficient (Wildman–Crippen LogP) is 2.08. The molecule has 110 valence electrons. The van der Waals surface area contributed by atoms with Crippen molar-refractivity contribution in [2.45, 2.75) is 31.7 Å². The van der Waals surface area contributed by atoms with Crippen LogP contribution in [-0.2, 0) is 0 Å². The molecule has 20 heavy (non-hydrogen) atoms. The lowest BCUT2D eigenvalue weighted by Gasteiger charge is -2.26. The van der Waals surface area contributed by atoms with Gasteiger partial charge in [-0.1, -0.05) is 12.5 Å². The minimum absolute atomic E-state index is 0.0323. The van der Waals surface area contributed by atoms with E-state index in [1.807, 2.05) is 0 Å². The normalized spacial score (nSPS) is 22.4. The summed E-state index contributed by atoms with van der Waals surface area (Å²) in [6.45, 7) is 0.532.